The predicted molar refractivity (Wildman–Crippen MR) is 105 cm³/mol. The molecule has 0 amide bonds. The maximum atomic E-state index is 12.6. The van der Waals surface area contributed by atoms with E-state index in [1.54, 1.807) is 18.2 Å². The number of rotatable bonds is 5. The largest absolute Gasteiger partial charge is 0.506 e. The lowest BCUT2D eigenvalue weighted by Crippen LogP contribution is -2.47. The molecule has 0 unspecified atom stereocenters. The van der Waals surface area contributed by atoms with Crippen molar-refractivity contribution in [1.82, 2.24) is 4.90 Å². The summed E-state index contributed by atoms with van der Waals surface area (Å²) >= 11 is 11.9. The number of hydrogen-bond donors (Lipinski definition) is 1. The minimum atomic E-state index is -3.50. The van der Waals surface area contributed by atoms with Crippen LogP contribution >= 0.6 is 23.2 Å². The fraction of sp³-hybridized carbons (Fsp3) is 0.333. The molecule has 0 aliphatic carbocycles. The third-order valence-corrected chi connectivity index (χ3v) is 6.90. The van der Waals surface area contributed by atoms with E-state index < -0.39 is 9.84 Å². The molecule has 1 saturated heterocycles. The van der Waals surface area contributed by atoms with Crippen molar-refractivity contribution >= 4 is 38.7 Å². The first-order valence-corrected chi connectivity index (χ1v) is 10.7. The number of anilines is 1. The lowest BCUT2D eigenvalue weighted by molar-refractivity contribution is 0.271. The van der Waals surface area contributed by atoms with Crippen LogP contribution in [0.15, 0.2) is 47.4 Å². The number of hydrogen-bond acceptors (Lipinski definition) is 5. The zero-order valence-corrected chi connectivity index (χ0v) is 16.4. The van der Waals surface area contributed by atoms with Crippen molar-refractivity contribution in [2.75, 3.05) is 43.4 Å². The number of para-hydroxylation sites is 2. The monoisotopic (exact) mass is 414 g/mol. The topological polar surface area (TPSA) is 60.9 Å². The van der Waals surface area contributed by atoms with Gasteiger partial charge in [0, 0.05) is 37.7 Å². The summed E-state index contributed by atoms with van der Waals surface area (Å²) in [5.74, 6) is 0.253. The predicted octanol–water partition coefficient (Wildman–Crippen LogP) is 3.29. The van der Waals surface area contributed by atoms with Crippen LogP contribution in [0.25, 0.3) is 0 Å². The number of piperazine rings is 1. The van der Waals surface area contributed by atoms with Crippen LogP contribution in [0.4, 0.5) is 5.69 Å². The number of aromatic hydroxyl groups is 1. The molecule has 140 valence electrons. The lowest BCUT2D eigenvalue weighted by atomic mass is 10.2. The molecule has 0 aromatic heterocycles. The van der Waals surface area contributed by atoms with Gasteiger partial charge >= 0.3 is 0 Å². The molecule has 0 atom stereocenters. The Hall–Kier alpha value is -1.47. The minimum Gasteiger partial charge on any atom is -0.506 e. The average Bonchev–Trinajstić information content (AvgIpc) is 2.63. The smallest absolute Gasteiger partial charge is 0.181 e. The van der Waals surface area contributed by atoms with E-state index in [2.05, 4.69) is 9.80 Å². The molecule has 1 N–H and O–H groups in total. The van der Waals surface area contributed by atoms with Crippen LogP contribution in [0, 0.1) is 0 Å². The van der Waals surface area contributed by atoms with Gasteiger partial charge in [0.25, 0.3) is 0 Å². The van der Waals surface area contributed by atoms with Crippen LogP contribution in [0.1, 0.15) is 0 Å². The molecule has 1 heterocycles. The summed E-state index contributed by atoms with van der Waals surface area (Å²) < 4.78 is 25.1. The number of phenolic OH excluding ortho intramolecular Hbond substituents is 1. The summed E-state index contributed by atoms with van der Waals surface area (Å²) in [6.07, 6.45) is 0. The summed E-state index contributed by atoms with van der Waals surface area (Å²) in [5, 5.41) is 10.5. The van der Waals surface area contributed by atoms with Gasteiger partial charge in [-0.1, -0.05) is 35.3 Å². The Morgan fingerprint density at radius 2 is 1.69 bits per heavy atom. The van der Waals surface area contributed by atoms with Crippen LogP contribution in [-0.4, -0.2) is 56.9 Å². The molecular weight excluding hydrogens is 395 g/mol. The molecular formula is C18H20Cl2N2O3S. The van der Waals surface area contributed by atoms with E-state index in [4.69, 9.17) is 23.2 Å². The highest BCUT2D eigenvalue weighted by Gasteiger charge is 2.23. The van der Waals surface area contributed by atoms with Crippen LogP contribution in [-0.2, 0) is 9.84 Å². The van der Waals surface area contributed by atoms with Crippen molar-refractivity contribution in [1.29, 1.82) is 0 Å². The first-order chi connectivity index (χ1) is 12.4. The Balaban J connectivity index is 1.58. The number of halogens is 2. The zero-order valence-electron chi connectivity index (χ0n) is 14.1. The molecule has 0 bridgehead atoms. The first kappa shape index (κ1) is 19.3. The minimum absolute atomic E-state index is 0.0103. The lowest BCUT2D eigenvalue weighted by Gasteiger charge is -2.36. The van der Waals surface area contributed by atoms with Gasteiger partial charge in [-0.2, -0.15) is 0 Å². The van der Waals surface area contributed by atoms with Gasteiger partial charge in [0.2, 0.25) is 0 Å². The highest BCUT2D eigenvalue weighted by molar-refractivity contribution is 7.91. The Morgan fingerprint density at radius 3 is 2.38 bits per heavy atom. The van der Waals surface area contributed by atoms with E-state index in [9.17, 15) is 13.5 Å². The quantitative estimate of drug-likeness (QED) is 0.812. The second-order valence-corrected chi connectivity index (χ2v) is 9.13. The number of sulfone groups is 1. The van der Waals surface area contributed by atoms with Crippen molar-refractivity contribution in [3.63, 3.8) is 0 Å². The van der Waals surface area contributed by atoms with Crippen molar-refractivity contribution in [2.45, 2.75) is 4.90 Å². The van der Waals surface area contributed by atoms with Crippen molar-refractivity contribution in [3.8, 4) is 5.75 Å². The molecule has 2 aromatic rings. The van der Waals surface area contributed by atoms with Crippen molar-refractivity contribution in [3.05, 3.63) is 52.5 Å². The summed E-state index contributed by atoms with van der Waals surface area (Å²) in [6, 6.07) is 11.7. The Morgan fingerprint density at radius 1 is 1.00 bits per heavy atom. The van der Waals surface area contributed by atoms with Gasteiger partial charge in [-0.15, -0.1) is 0 Å². The van der Waals surface area contributed by atoms with E-state index in [-0.39, 0.29) is 21.4 Å². The maximum absolute atomic E-state index is 12.6. The van der Waals surface area contributed by atoms with Crippen LogP contribution < -0.4 is 4.90 Å². The molecule has 0 radical (unpaired) electrons. The van der Waals surface area contributed by atoms with E-state index in [0.717, 1.165) is 31.9 Å². The van der Waals surface area contributed by atoms with Gasteiger partial charge in [-0.3, -0.25) is 4.90 Å². The van der Waals surface area contributed by atoms with Gasteiger partial charge in [-0.25, -0.2) is 8.42 Å². The fourth-order valence-corrected chi connectivity index (χ4v) is 5.12. The van der Waals surface area contributed by atoms with E-state index in [1.165, 1.54) is 12.1 Å². The second-order valence-electron chi connectivity index (χ2n) is 6.21. The van der Waals surface area contributed by atoms with Gasteiger partial charge in [-0.05, 0) is 30.3 Å². The maximum Gasteiger partial charge on any atom is 0.181 e. The van der Waals surface area contributed by atoms with Crippen molar-refractivity contribution in [2.24, 2.45) is 0 Å². The Kier molecular flexibility index (Phi) is 5.97. The van der Waals surface area contributed by atoms with Gasteiger partial charge < -0.3 is 10.0 Å². The average molecular weight is 415 g/mol. The molecule has 2 aromatic carbocycles. The third-order valence-electron chi connectivity index (χ3n) is 4.50. The van der Waals surface area contributed by atoms with Crippen molar-refractivity contribution < 1.29 is 13.5 Å². The number of benzene rings is 2. The van der Waals surface area contributed by atoms with E-state index in [1.807, 2.05) is 12.1 Å². The van der Waals surface area contributed by atoms with Crippen LogP contribution in [0.3, 0.4) is 0 Å². The molecule has 1 fully saturated rings. The third kappa shape index (κ3) is 4.43. The summed E-state index contributed by atoms with van der Waals surface area (Å²) in [4.78, 5) is 4.29. The Bertz CT molecular complexity index is 882. The Labute approximate surface area is 163 Å². The zero-order chi connectivity index (χ0) is 18.7. The molecule has 0 saturated carbocycles. The molecule has 0 spiro atoms. The number of phenols is 1. The molecule has 1 aliphatic heterocycles. The van der Waals surface area contributed by atoms with Crippen LogP contribution in [0.5, 0.6) is 5.75 Å². The van der Waals surface area contributed by atoms with Gasteiger partial charge in [0.1, 0.15) is 5.75 Å². The summed E-state index contributed by atoms with van der Waals surface area (Å²) in [6.45, 7) is 3.35. The summed E-state index contributed by atoms with van der Waals surface area (Å²) in [5.41, 5.74) is 0.811. The molecule has 5 nitrogen and oxygen atoms in total. The van der Waals surface area contributed by atoms with Crippen LogP contribution in [0.2, 0.25) is 10.0 Å². The number of nitrogens with zero attached hydrogens (tertiary/aromatic N) is 2. The van der Waals surface area contributed by atoms with E-state index >= 15 is 0 Å². The molecule has 1 aliphatic rings. The standard InChI is InChI=1S/C18H20Cl2N2O3S/c19-14-5-6-15(20)18(13-14)26(24,25)12-11-21-7-9-22(10-8-21)16-3-1-2-4-17(16)23/h1-6,13,23H,7-12H2. The van der Waals surface area contributed by atoms with Gasteiger partial charge in [0.05, 0.1) is 21.4 Å². The molecule has 3 rings (SSSR count). The van der Waals surface area contributed by atoms with E-state index in [0.29, 0.717) is 11.6 Å². The summed E-state index contributed by atoms with van der Waals surface area (Å²) in [7, 11) is -3.50. The van der Waals surface area contributed by atoms with Gasteiger partial charge in [0.15, 0.2) is 9.84 Å². The SMILES string of the molecule is O=S(=O)(CCN1CCN(c2ccccc2O)CC1)c1cc(Cl)ccc1Cl. The normalized spacial score (nSPS) is 16.0. The highest BCUT2D eigenvalue weighted by Crippen LogP contribution is 2.28. The first-order valence-electron chi connectivity index (χ1n) is 8.30. The highest BCUT2D eigenvalue weighted by atomic mass is 35.5. The molecule has 26 heavy (non-hydrogen) atoms. The molecule has 8 heteroatoms. The second kappa shape index (κ2) is 8.05. The fourth-order valence-electron chi connectivity index (χ4n) is 3.02.